The van der Waals surface area contributed by atoms with Crippen LogP contribution in [-0.4, -0.2) is 45.2 Å². The molecule has 0 aliphatic carbocycles. The maximum absolute atomic E-state index is 11.7. The van der Waals surface area contributed by atoms with Gasteiger partial charge < -0.3 is 16.0 Å². The van der Waals surface area contributed by atoms with Crippen LogP contribution in [-0.2, 0) is 9.84 Å². The van der Waals surface area contributed by atoms with Gasteiger partial charge in [0.05, 0.1) is 16.3 Å². The third-order valence-corrected chi connectivity index (χ3v) is 5.00. The average molecular weight is 311 g/mol. The predicted molar refractivity (Wildman–Crippen MR) is 87.3 cm³/mol. The number of piperidine rings is 1. The number of hydrogen-bond donors (Lipinski definition) is 2. The SMILES string of the molecule is CC(CN1CCCCC1)Nc1cccc(S(C)(=O)=O)c1N. The minimum absolute atomic E-state index is 0.192. The number of likely N-dealkylation sites (tertiary alicyclic amines) is 1. The van der Waals surface area contributed by atoms with E-state index in [4.69, 9.17) is 5.73 Å². The fourth-order valence-corrected chi connectivity index (χ4v) is 3.67. The van der Waals surface area contributed by atoms with Crippen molar-refractivity contribution in [1.82, 2.24) is 4.90 Å². The summed E-state index contributed by atoms with van der Waals surface area (Å²) in [6.45, 7) is 5.33. The van der Waals surface area contributed by atoms with Gasteiger partial charge >= 0.3 is 0 Å². The Hall–Kier alpha value is -1.27. The van der Waals surface area contributed by atoms with Crippen molar-refractivity contribution in [2.45, 2.75) is 37.1 Å². The van der Waals surface area contributed by atoms with Crippen molar-refractivity contribution in [3.63, 3.8) is 0 Å². The van der Waals surface area contributed by atoms with Crippen LogP contribution in [0.1, 0.15) is 26.2 Å². The first-order chi connectivity index (χ1) is 9.88. The smallest absolute Gasteiger partial charge is 0.177 e. The van der Waals surface area contributed by atoms with Crippen LogP contribution >= 0.6 is 0 Å². The van der Waals surface area contributed by atoms with E-state index in [9.17, 15) is 8.42 Å². The molecule has 0 amide bonds. The summed E-state index contributed by atoms with van der Waals surface area (Å²) in [4.78, 5) is 2.63. The quantitative estimate of drug-likeness (QED) is 0.813. The summed E-state index contributed by atoms with van der Waals surface area (Å²) in [6, 6.07) is 5.32. The zero-order valence-electron chi connectivity index (χ0n) is 12.8. The monoisotopic (exact) mass is 311 g/mol. The van der Waals surface area contributed by atoms with E-state index >= 15 is 0 Å². The third-order valence-electron chi connectivity index (χ3n) is 3.85. The second-order valence-corrected chi connectivity index (χ2v) is 7.88. The molecule has 3 N–H and O–H groups in total. The number of sulfone groups is 1. The van der Waals surface area contributed by atoms with Crippen LogP contribution < -0.4 is 11.1 Å². The van der Waals surface area contributed by atoms with Gasteiger partial charge in [0.25, 0.3) is 0 Å². The van der Waals surface area contributed by atoms with Gasteiger partial charge in [-0.15, -0.1) is 0 Å². The van der Waals surface area contributed by atoms with Crippen molar-refractivity contribution >= 4 is 21.2 Å². The Morgan fingerprint density at radius 2 is 1.95 bits per heavy atom. The Balaban J connectivity index is 2.05. The van der Waals surface area contributed by atoms with Gasteiger partial charge in [0.2, 0.25) is 0 Å². The van der Waals surface area contributed by atoms with E-state index in [0.29, 0.717) is 11.4 Å². The molecule has 2 rings (SSSR count). The van der Waals surface area contributed by atoms with Crippen molar-refractivity contribution in [2.24, 2.45) is 0 Å². The van der Waals surface area contributed by atoms with E-state index in [1.54, 1.807) is 12.1 Å². The van der Waals surface area contributed by atoms with E-state index in [-0.39, 0.29) is 10.9 Å². The summed E-state index contributed by atoms with van der Waals surface area (Å²) in [5.41, 5.74) is 7.00. The van der Waals surface area contributed by atoms with Crippen molar-refractivity contribution in [3.05, 3.63) is 18.2 Å². The largest absolute Gasteiger partial charge is 0.396 e. The number of benzene rings is 1. The molecule has 1 aliphatic heterocycles. The molecule has 5 nitrogen and oxygen atoms in total. The van der Waals surface area contributed by atoms with Crippen LogP contribution in [0.2, 0.25) is 0 Å². The van der Waals surface area contributed by atoms with E-state index in [0.717, 1.165) is 19.6 Å². The maximum atomic E-state index is 11.7. The molecule has 1 aliphatic rings. The lowest BCUT2D eigenvalue weighted by atomic mass is 10.1. The van der Waals surface area contributed by atoms with Crippen molar-refractivity contribution in [2.75, 3.05) is 36.9 Å². The first-order valence-electron chi connectivity index (χ1n) is 7.45. The Labute approximate surface area is 127 Å². The number of nitrogen functional groups attached to an aromatic ring is 1. The summed E-state index contributed by atoms with van der Waals surface area (Å²) in [6.07, 6.45) is 5.03. The van der Waals surface area contributed by atoms with Gasteiger partial charge in [-0.05, 0) is 45.0 Å². The molecule has 1 heterocycles. The zero-order valence-corrected chi connectivity index (χ0v) is 13.6. The third kappa shape index (κ3) is 4.35. The molecule has 0 radical (unpaired) electrons. The zero-order chi connectivity index (χ0) is 15.5. The molecule has 1 saturated heterocycles. The summed E-state index contributed by atoms with van der Waals surface area (Å²) in [5, 5.41) is 3.34. The predicted octanol–water partition coefficient (Wildman–Crippen LogP) is 1.96. The minimum Gasteiger partial charge on any atom is -0.396 e. The molecule has 1 aromatic rings. The lowest BCUT2D eigenvalue weighted by Gasteiger charge is -2.30. The van der Waals surface area contributed by atoms with Crippen molar-refractivity contribution in [1.29, 1.82) is 0 Å². The van der Waals surface area contributed by atoms with Gasteiger partial charge in [0.1, 0.15) is 0 Å². The second kappa shape index (κ2) is 6.66. The highest BCUT2D eigenvalue weighted by atomic mass is 32.2. The van der Waals surface area contributed by atoms with Gasteiger partial charge in [-0.1, -0.05) is 12.5 Å². The molecule has 6 heteroatoms. The molecule has 0 spiro atoms. The number of nitrogens with two attached hydrogens (primary N) is 1. The Morgan fingerprint density at radius 3 is 2.57 bits per heavy atom. The normalized spacial score (nSPS) is 18.4. The van der Waals surface area contributed by atoms with E-state index in [1.807, 2.05) is 6.07 Å². The number of anilines is 2. The fraction of sp³-hybridized carbons (Fsp3) is 0.600. The highest BCUT2D eigenvalue weighted by Gasteiger charge is 2.17. The topological polar surface area (TPSA) is 75.4 Å². The van der Waals surface area contributed by atoms with Crippen LogP contribution in [0.3, 0.4) is 0 Å². The van der Waals surface area contributed by atoms with Crippen LogP contribution in [0.25, 0.3) is 0 Å². The van der Waals surface area contributed by atoms with Gasteiger partial charge in [-0.25, -0.2) is 8.42 Å². The lowest BCUT2D eigenvalue weighted by Crippen LogP contribution is -2.38. The van der Waals surface area contributed by atoms with Gasteiger partial charge in [-0.2, -0.15) is 0 Å². The number of rotatable bonds is 5. The lowest BCUT2D eigenvalue weighted by molar-refractivity contribution is 0.223. The van der Waals surface area contributed by atoms with Crippen molar-refractivity contribution in [3.8, 4) is 0 Å². The molecule has 0 bridgehead atoms. The number of nitrogens with one attached hydrogen (secondary N) is 1. The average Bonchev–Trinajstić information content (AvgIpc) is 2.41. The summed E-state index contributed by atoms with van der Waals surface area (Å²) < 4.78 is 23.4. The molecular formula is C15H25N3O2S. The van der Waals surface area contributed by atoms with Crippen molar-refractivity contribution < 1.29 is 8.42 Å². The first kappa shape index (κ1) is 16.1. The summed E-state index contributed by atoms with van der Waals surface area (Å²) in [7, 11) is -3.29. The van der Waals surface area contributed by atoms with Crippen LogP contribution in [0, 0.1) is 0 Å². The van der Waals surface area contributed by atoms with E-state index < -0.39 is 9.84 Å². The molecular weight excluding hydrogens is 286 g/mol. The number of para-hydroxylation sites is 1. The standard InChI is InChI=1S/C15H25N3O2S/c1-12(11-18-9-4-3-5-10-18)17-13-7-6-8-14(15(13)16)21(2,19)20/h6-8,12,17H,3-5,9-11,16H2,1-2H3. The summed E-state index contributed by atoms with van der Waals surface area (Å²) in [5.74, 6) is 0. The first-order valence-corrected chi connectivity index (χ1v) is 9.34. The second-order valence-electron chi connectivity index (χ2n) is 5.90. The maximum Gasteiger partial charge on any atom is 0.177 e. The molecule has 1 atom stereocenters. The van der Waals surface area contributed by atoms with E-state index in [1.165, 1.54) is 25.5 Å². The number of nitrogens with zero attached hydrogens (tertiary/aromatic N) is 1. The molecule has 118 valence electrons. The Kier molecular flexibility index (Phi) is 5.11. The van der Waals surface area contributed by atoms with Crippen LogP contribution in [0.4, 0.5) is 11.4 Å². The van der Waals surface area contributed by atoms with Gasteiger partial charge in [-0.3, -0.25) is 0 Å². The molecule has 0 aromatic heterocycles. The Bertz CT molecular complexity index is 581. The Morgan fingerprint density at radius 1 is 1.29 bits per heavy atom. The van der Waals surface area contributed by atoms with Crippen LogP contribution in [0.15, 0.2) is 23.1 Å². The highest BCUT2D eigenvalue weighted by molar-refractivity contribution is 7.90. The fourth-order valence-electron chi connectivity index (χ4n) is 2.83. The molecule has 1 fully saturated rings. The molecule has 0 saturated carbocycles. The van der Waals surface area contributed by atoms with Gasteiger partial charge in [0.15, 0.2) is 9.84 Å². The summed E-state index contributed by atoms with van der Waals surface area (Å²) >= 11 is 0. The van der Waals surface area contributed by atoms with Crippen LogP contribution in [0.5, 0.6) is 0 Å². The molecule has 1 unspecified atom stereocenters. The van der Waals surface area contributed by atoms with E-state index in [2.05, 4.69) is 17.1 Å². The molecule has 21 heavy (non-hydrogen) atoms. The number of hydrogen-bond acceptors (Lipinski definition) is 5. The molecule has 1 aromatic carbocycles. The van der Waals surface area contributed by atoms with Gasteiger partial charge in [0, 0.05) is 18.8 Å². The minimum atomic E-state index is -3.29. The highest BCUT2D eigenvalue weighted by Crippen LogP contribution is 2.27.